The molecule has 0 radical (unpaired) electrons. The van der Waals surface area contributed by atoms with E-state index in [0.29, 0.717) is 32.2 Å². The van der Waals surface area contributed by atoms with Gasteiger partial charge in [-0.05, 0) is 37.0 Å². The fraction of sp³-hybridized carbons (Fsp3) is 0.467. The molecule has 2 rings (SSSR count). The predicted octanol–water partition coefficient (Wildman–Crippen LogP) is 2.34. The van der Waals surface area contributed by atoms with Gasteiger partial charge < -0.3 is 4.90 Å². The molecule has 1 aromatic carbocycles. The molecule has 1 aliphatic rings. The van der Waals surface area contributed by atoms with E-state index in [-0.39, 0.29) is 24.1 Å². The molecule has 0 aliphatic carbocycles. The van der Waals surface area contributed by atoms with Gasteiger partial charge >= 0.3 is 0 Å². The van der Waals surface area contributed by atoms with Gasteiger partial charge in [0.05, 0.1) is 6.54 Å². The molecular weight excluding hydrogens is 245 g/mol. The van der Waals surface area contributed by atoms with E-state index in [0.717, 1.165) is 12.0 Å². The Hall–Kier alpha value is -1.71. The lowest BCUT2D eigenvalue weighted by atomic mass is 10.1. The topological polar surface area (TPSA) is 37.4 Å². The van der Waals surface area contributed by atoms with Crippen LogP contribution in [0.15, 0.2) is 24.3 Å². The summed E-state index contributed by atoms with van der Waals surface area (Å²) in [6.45, 7) is 0.948. The lowest BCUT2D eigenvalue weighted by Gasteiger charge is -2.25. The summed E-state index contributed by atoms with van der Waals surface area (Å²) in [5.41, 5.74) is 0.905. The van der Waals surface area contributed by atoms with E-state index in [4.69, 9.17) is 0 Å². The molecule has 1 heterocycles. The van der Waals surface area contributed by atoms with Crippen LogP contribution in [0.4, 0.5) is 4.39 Å². The molecule has 4 heteroatoms. The highest BCUT2D eigenvalue weighted by Crippen LogP contribution is 2.11. The highest BCUT2D eigenvalue weighted by atomic mass is 19.1. The molecule has 102 valence electrons. The number of aryl methyl sites for hydroxylation is 1. The summed E-state index contributed by atoms with van der Waals surface area (Å²) < 4.78 is 13.0. The van der Waals surface area contributed by atoms with Crippen molar-refractivity contribution in [3.63, 3.8) is 0 Å². The van der Waals surface area contributed by atoms with Crippen molar-refractivity contribution < 1.29 is 14.0 Å². The second-order valence-corrected chi connectivity index (χ2v) is 4.94. The van der Waals surface area contributed by atoms with Crippen LogP contribution in [0.5, 0.6) is 0 Å². The Kier molecular flexibility index (Phi) is 4.66. The van der Waals surface area contributed by atoms with E-state index in [1.54, 1.807) is 11.0 Å². The van der Waals surface area contributed by atoms with Gasteiger partial charge in [0.25, 0.3) is 0 Å². The second-order valence-electron chi connectivity index (χ2n) is 4.94. The van der Waals surface area contributed by atoms with Gasteiger partial charge in [-0.3, -0.25) is 9.59 Å². The number of carbonyl (C=O) groups is 2. The summed E-state index contributed by atoms with van der Waals surface area (Å²) in [7, 11) is 0. The van der Waals surface area contributed by atoms with Crippen molar-refractivity contribution in [2.45, 2.75) is 32.1 Å². The Labute approximate surface area is 112 Å². The number of likely N-dealkylation sites (tertiary alicyclic amines) is 1. The van der Waals surface area contributed by atoms with E-state index >= 15 is 0 Å². The Balaban J connectivity index is 1.76. The van der Waals surface area contributed by atoms with Gasteiger partial charge in [-0.25, -0.2) is 4.39 Å². The van der Waals surface area contributed by atoms with E-state index in [2.05, 4.69) is 0 Å². The maximum absolute atomic E-state index is 13.0. The number of hydrogen-bond acceptors (Lipinski definition) is 2. The van der Waals surface area contributed by atoms with Crippen LogP contribution in [0.1, 0.15) is 31.2 Å². The quantitative estimate of drug-likeness (QED) is 0.836. The first-order chi connectivity index (χ1) is 9.15. The molecule has 0 bridgehead atoms. The molecule has 3 nitrogen and oxygen atoms in total. The third-order valence-electron chi connectivity index (χ3n) is 3.35. The van der Waals surface area contributed by atoms with Crippen LogP contribution >= 0.6 is 0 Å². The SMILES string of the molecule is O=C1CCCN(C(=O)CCCc2cccc(F)c2)C1. The summed E-state index contributed by atoms with van der Waals surface area (Å²) in [4.78, 5) is 24.8. The van der Waals surface area contributed by atoms with Crippen LogP contribution in [0.3, 0.4) is 0 Å². The van der Waals surface area contributed by atoms with Crippen molar-refractivity contribution in [1.29, 1.82) is 0 Å². The second kappa shape index (κ2) is 6.45. The molecule has 0 atom stereocenters. The van der Waals surface area contributed by atoms with Crippen LogP contribution in [0.25, 0.3) is 0 Å². The molecule has 1 amide bonds. The van der Waals surface area contributed by atoms with Crippen LogP contribution in [-0.4, -0.2) is 29.7 Å². The number of piperidine rings is 1. The van der Waals surface area contributed by atoms with Crippen molar-refractivity contribution in [3.05, 3.63) is 35.6 Å². The number of hydrogen-bond donors (Lipinski definition) is 0. The largest absolute Gasteiger partial charge is 0.335 e. The maximum atomic E-state index is 13.0. The molecule has 0 unspecified atom stereocenters. The molecule has 1 aliphatic heterocycles. The van der Waals surface area contributed by atoms with Gasteiger partial charge in [-0.2, -0.15) is 0 Å². The molecule has 1 fully saturated rings. The van der Waals surface area contributed by atoms with Gasteiger partial charge in [0.2, 0.25) is 5.91 Å². The number of benzene rings is 1. The van der Waals surface area contributed by atoms with E-state index in [1.165, 1.54) is 12.1 Å². The average molecular weight is 263 g/mol. The number of Topliss-reactive ketones (excluding diaryl/α,β-unsaturated/α-hetero) is 1. The molecule has 0 spiro atoms. The molecule has 1 aromatic rings. The van der Waals surface area contributed by atoms with Crippen molar-refractivity contribution in [2.24, 2.45) is 0 Å². The van der Waals surface area contributed by atoms with Crippen molar-refractivity contribution in [2.75, 3.05) is 13.1 Å². The standard InChI is InChI=1S/C15H18FNO2/c16-13-6-1-4-12(10-13)5-2-8-15(19)17-9-3-7-14(18)11-17/h1,4,6,10H,2-3,5,7-9,11H2. The zero-order chi connectivity index (χ0) is 13.7. The maximum Gasteiger partial charge on any atom is 0.222 e. The predicted molar refractivity (Wildman–Crippen MR) is 70.2 cm³/mol. The van der Waals surface area contributed by atoms with E-state index in [1.807, 2.05) is 6.07 Å². The zero-order valence-corrected chi connectivity index (χ0v) is 10.9. The first-order valence-electron chi connectivity index (χ1n) is 6.69. The lowest BCUT2D eigenvalue weighted by molar-refractivity contribution is -0.137. The normalized spacial score (nSPS) is 15.6. The number of halogens is 1. The van der Waals surface area contributed by atoms with Crippen molar-refractivity contribution in [3.8, 4) is 0 Å². The fourth-order valence-corrected chi connectivity index (χ4v) is 2.35. The van der Waals surface area contributed by atoms with Gasteiger partial charge in [0.15, 0.2) is 5.78 Å². The minimum Gasteiger partial charge on any atom is -0.335 e. The summed E-state index contributed by atoms with van der Waals surface area (Å²) in [5, 5.41) is 0. The first kappa shape index (κ1) is 13.7. The van der Waals surface area contributed by atoms with Gasteiger partial charge in [0, 0.05) is 19.4 Å². The lowest BCUT2D eigenvalue weighted by Crippen LogP contribution is -2.40. The monoisotopic (exact) mass is 263 g/mol. The highest BCUT2D eigenvalue weighted by Gasteiger charge is 2.20. The number of nitrogens with zero attached hydrogens (tertiary/aromatic N) is 1. The zero-order valence-electron chi connectivity index (χ0n) is 10.9. The van der Waals surface area contributed by atoms with Crippen LogP contribution in [0.2, 0.25) is 0 Å². The molecule has 0 saturated carbocycles. The number of ketones is 1. The summed E-state index contributed by atoms with van der Waals surface area (Å²) >= 11 is 0. The van der Waals surface area contributed by atoms with Gasteiger partial charge in [0.1, 0.15) is 5.82 Å². The van der Waals surface area contributed by atoms with Crippen molar-refractivity contribution >= 4 is 11.7 Å². The average Bonchev–Trinajstić information content (AvgIpc) is 2.38. The summed E-state index contributed by atoms with van der Waals surface area (Å²) in [5.74, 6) is -0.0698. The molecule has 1 saturated heterocycles. The Morgan fingerprint density at radius 1 is 1.37 bits per heavy atom. The minimum absolute atomic E-state index is 0.0319. The van der Waals surface area contributed by atoms with E-state index in [9.17, 15) is 14.0 Å². The minimum atomic E-state index is -0.245. The van der Waals surface area contributed by atoms with Crippen molar-refractivity contribution in [1.82, 2.24) is 4.90 Å². The Bertz CT molecular complexity index is 473. The van der Waals surface area contributed by atoms with Gasteiger partial charge in [-0.1, -0.05) is 12.1 Å². The third-order valence-corrected chi connectivity index (χ3v) is 3.35. The van der Waals surface area contributed by atoms with Crippen LogP contribution in [0, 0.1) is 5.82 Å². The van der Waals surface area contributed by atoms with Crippen LogP contribution in [-0.2, 0) is 16.0 Å². The highest BCUT2D eigenvalue weighted by molar-refractivity contribution is 5.87. The number of rotatable bonds is 4. The summed E-state index contributed by atoms with van der Waals surface area (Å²) in [6.07, 6.45) is 3.16. The molecule has 0 aromatic heterocycles. The first-order valence-corrected chi connectivity index (χ1v) is 6.69. The molecule has 19 heavy (non-hydrogen) atoms. The Morgan fingerprint density at radius 3 is 2.95 bits per heavy atom. The van der Waals surface area contributed by atoms with Crippen LogP contribution < -0.4 is 0 Å². The fourth-order valence-electron chi connectivity index (χ4n) is 2.35. The smallest absolute Gasteiger partial charge is 0.222 e. The Morgan fingerprint density at radius 2 is 2.21 bits per heavy atom. The molecular formula is C15H18FNO2. The van der Waals surface area contributed by atoms with E-state index < -0.39 is 0 Å². The van der Waals surface area contributed by atoms with Gasteiger partial charge in [-0.15, -0.1) is 0 Å². The third kappa shape index (κ3) is 4.16. The summed E-state index contributed by atoms with van der Waals surface area (Å²) in [6, 6.07) is 6.44. The molecule has 0 N–H and O–H groups in total. The number of carbonyl (C=O) groups excluding carboxylic acids is 2. The number of amides is 1.